The minimum Gasteiger partial charge on any atom is -0.392 e. The largest absolute Gasteiger partial charge is 0.417 e. The van der Waals surface area contributed by atoms with E-state index in [1.54, 1.807) is 6.07 Å². The molecule has 4 aliphatic heterocycles. The van der Waals surface area contributed by atoms with Gasteiger partial charge >= 0.3 is 6.18 Å². The molecule has 0 aliphatic carbocycles. The van der Waals surface area contributed by atoms with E-state index in [4.69, 9.17) is 5.10 Å². The molecule has 2 unspecified atom stereocenters. The highest BCUT2D eigenvalue weighted by molar-refractivity contribution is 7.99. The van der Waals surface area contributed by atoms with Gasteiger partial charge in [-0.3, -0.25) is 14.4 Å². The second kappa shape index (κ2) is 14.3. The molecule has 0 radical (unpaired) electrons. The summed E-state index contributed by atoms with van der Waals surface area (Å²) in [7, 11) is 0. The Morgan fingerprint density at radius 3 is 2.60 bits per heavy atom. The molecule has 4 aliphatic rings. The van der Waals surface area contributed by atoms with E-state index in [0.29, 0.717) is 62.2 Å². The number of carbonyl (C=O) groups is 1. The number of β-amino-alcohol motifs (C(OH)–C–C–N with tert-alkyl or cyclic N) is 2. The number of aliphatic hydroxyl groups is 2. The summed E-state index contributed by atoms with van der Waals surface area (Å²) in [4.78, 5) is 18.7. The lowest BCUT2D eigenvalue weighted by molar-refractivity contribution is -0.139. The van der Waals surface area contributed by atoms with Crippen LogP contribution in [0.25, 0.3) is 11.3 Å². The number of aromatic nitrogens is 2. The molecule has 13 heteroatoms. The minimum absolute atomic E-state index is 0.184. The second-order valence-corrected chi connectivity index (χ2v) is 14.0. The molecule has 45 heavy (non-hydrogen) atoms. The highest BCUT2D eigenvalue weighted by Gasteiger charge is 2.35. The van der Waals surface area contributed by atoms with E-state index in [1.165, 1.54) is 17.8 Å². The number of aliphatic hydroxyl groups excluding tert-OH is 2. The van der Waals surface area contributed by atoms with Crippen LogP contribution < -0.4 is 5.32 Å². The Bertz CT molecular complexity index is 1330. The molecule has 248 valence electrons. The van der Waals surface area contributed by atoms with Gasteiger partial charge in [0.05, 0.1) is 30.0 Å². The van der Waals surface area contributed by atoms with Gasteiger partial charge in [-0.15, -0.1) is 11.8 Å². The van der Waals surface area contributed by atoms with Crippen LogP contribution in [0.4, 0.5) is 13.2 Å². The van der Waals surface area contributed by atoms with Gasteiger partial charge in [0, 0.05) is 98.7 Å². The van der Waals surface area contributed by atoms with Crippen molar-refractivity contribution in [2.24, 2.45) is 0 Å². The predicted octanol–water partition coefficient (Wildman–Crippen LogP) is 3.21. The van der Waals surface area contributed by atoms with Gasteiger partial charge in [0.25, 0.3) is 0 Å². The molecule has 1 aromatic carbocycles. The molecular formula is C32H45F3N6O3S. The van der Waals surface area contributed by atoms with E-state index in [9.17, 15) is 28.2 Å². The van der Waals surface area contributed by atoms with Gasteiger partial charge < -0.3 is 25.3 Å². The fourth-order valence-corrected chi connectivity index (χ4v) is 8.49. The standard InChI is InChI=1S/C32H45F3N6O3S/c33-32(34,35)27-6-5-22(17-29(27)45-16-15-38-11-1-3-24(42)19-38)31-26-18-36-10-7-28(26)41(37-31)21-25(43)20-39-13-8-23(9-14-39)40-12-2-4-30(40)44/h5-6,17,23-25,36,42-43H,1-4,7-16,18-21H2. The Balaban J connectivity index is 1.14. The molecule has 3 fully saturated rings. The van der Waals surface area contributed by atoms with Crippen LogP contribution in [0.15, 0.2) is 23.1 Å². The first kappa shape index (κ1) is 32.8. The summed E-state index contributed by atoms with van der Waals surface area (Å²) in [5.41, 5.74) is 2.66. The monoisotopic (exact) mass is 650 g/mol. The van der Waals surface area contributed by atoms with Crippen LogP contribution in [0.5, 0.6) is 0 Å². The molecule has 2 aromatic rings. The average molecular weight is 651 g/mol. The van der Waals surface area contributed by atoms with Crippen molar-refractivity contribution in [3.63, 3.8) is 0 Å². The van der Waals surface area contributed by atoms with Crippen LogP contribution in [0.2, 0.25) is 0 Å². The highest BCUT2D eigenvalue weighted by atomic mass is 32.2. The number of likely N-dealkylation sites (tertiary alicyclic amines) is 3. The zero-order valence-electron chi connectivity index (χ0n) is 25.8. The Labute approximate surface area is 267 Å². The number of rotatable bonds is 10. The van der Waals surface area contributed by atoms with Crippen molar-refractivity contribution in [2.75, 3.05) is 58.1 Å². The molecule has 1 aromatic heterocycles. The number of halogens is 3. The van der Waals surface area contributed by atoms with Gasteiger partial charge in [-0.1, -0.05) is 6.07 Å². The smallest absolute Gasteiger partial charge is 0.392 e. The maximum Gasteiger partial charge on any atom is 0.417 e. The van der Waals surface area contributed by atoms with Crippen LogP contribution in [0.1, 0.15) is 55.3 Å². The summed E-state index contributed by atoms with van der Waals surface area (Å²) in [5.74, 6) is 0.754. The van der Waals surface area contributed by atoms with E-state index in [2.05, 4.69) is 15.1 Å². The minimum atomic E-state index is -4.47. The summed E-state index contributed by atoms with van der Waals surface area (Å²) in [6, 6.07) is 4.59. The first-order valence-corrected chi connectivity index (χ1v) is 17.4. The number of alkyl halides is 3. The second-order valence-electron chi connectivity index (χ2n) is 12.9. The van der Waals surface area contributed by atoms with E-state index in [0.717, 1.165) is 88.6 Å². The lowest BCUT2D eigenvalue weighted by Crippen LogP contribution is -2.47. The molecule has 9 nitrogen and oxygen atoms in total. The van der Waals surface area contributed by atoms with Gasteiger partial charge in [0.15, 0.2) is 0 Å². The van der Waals surface area contributed by atoms with Crippen molar-refractivity contribution < 1.29 is 28.2 Å². The van der Waals surface area contributed by atoms with Crippen molar-refractivity contribution in [2.45, 2.75) is 87.4 Å². The van der Waals surface area contributed by atoms with Gasteiger partial charge in [-0.25, -0.2) is 0 Å². The number of amides is 1. The maximum atomic E-state index is 14.0. The number of fused-ring (bicyclic) bond motifs is 1. The molecular weight excluding hydrogens is 605 g/mol. The summed E-state index contributed by atoms with van der Waals surface area (Å²) in [6.45, 7) is 6.73. The summed E-state index contributed by atoms with van der Waals surface area (Å²) >= 11 is 1.20. The van der Waals surface area contributed by atoms with E-state index in [1.807, 2.05) is 9.58 Å². The van der Waals surface area contributed by atoms with E-state index in [-0.39, 0.29) is 16.9 Å². The van der Waals surface area contributed by atoms with Crippen LogP contribution in [0, 0.1) is 0 Å². The topological polar surface area (TPSA) is 97.1 Å². The average Bonchev–Trinajstić information content (AvgIpc) is 3.60. The van der Waals surface area contributed by atoms with Gasteiger partial charge in [-0.05, 0) is 50.8 Å². The van der Waals surface area contributed by atoms with Crippen LogP contribution in [0.3, 0.4) is 0 Å². The zero-order chi connectivity index (χ0) is 31.6. The van der Waals surface area contributed by atoms with Crippen molar-refractivity contribution in [3.8, 4) is 11.3 Å². The Kier molecular flexibility index (Phi) is 10.4. The molecule has 5 heterocycles. The number of carbonyl (C=O) groups excluding carboxylic acids is 1. The Hall–Kier alpha value is -2.16. The molecule has 6 rings (SSSR count). The number of nitrogens with zero attached hydrogens (tertiary/aromatic N) is 5. The molecule has 2 atom stereocenters. The van der Waals surface area contributed by atoms with E-state index < -0.39 is 17.8 Å². The summed E-state index contributed by atoms with van der Waals surface area (Å²) in [5, 5.41) is 29.3. The van der Waals surface area contributed by atoms with Crippen LogP contribution in [-0.4, -0.2) is 117 Å². The Morgan fingerprint density at radius 2 is 1.87 bits per heavy atom. The van der Waals surface area contributed by atoms with Gasteiger partial charge in [-0.2, -0.15) is 18.3 Å². The number of piperidine rings is 2. The zero-order valence-corrected chi connectivity index (χ0v) is 26.6. The quantitative estimate of drug-likeness (QED) is 0.338. The number of hydrogen-bond donors (Lipinski definition) is 3. The third kappa shape index (κ3) is 7.87. The SMILES string of the molecule is O=C1CCCN1C1CCN(CC(O)Cn2nc(-c3ccc(C(F)(F)F)c(SCCN4CCCC(O)C4)c3)c3c2CCNC3)CC1. The normalized spacial score (nSPS) is 23.1. The van der Waals surface area contributed by atoms with E-state index >= 15 is 0 Å². The van der Waals surface area contributed by atoms with Crippen LogP contribution in [-0.2, 0) is 30.5 Å². The van der Waals surface area contributed by atoms with Crippen molar-refractivity contribution in [1.82, 2.24) is 29.8 Å². The van der Waals surface area contributed by atoms with Crippen LogP contribution >= 0.6 is 11.8 Å². The molecule has 1 amide bonds. The van der Waals surface area contributed by atoms with Crippen molar-refractivity contribution >= 4 is 17.7 Å². The van der Waals surface area contributed by atoms with Gasteiger partial charge in [0.1, 0.15) is 0 Å². The fourth-order valence-electron chi connectivity index (χ4n) is 7.37. The fraction of sp³-hybridized carbons (Fsp3) is 0.688. The molecule has 0 spiro atoms. The summed E-state index contributed by atoms with van der Waals surface area (Å²) < 4.78 is 43.9. The number of nitrogens with one attached hydrogen (secondary N) is 1. The third-order valence-corrected chi connectivity index (χ3v) is 10.7. The Morgan fingerprint density at radius 1 is 1.04 bits per heavy atom. The molecule has 0 bridgehead atoms. The molecule has 0 saturated carbocycles. The number of hydrogen-bond acceptors (Lipinski definition) is 8. The van der Waals surface area contributed by atoms with Crippen molar-refractivity contribution in [3.05, 3.63) is 35.0 Å². The first-order chi connectivity index (χ1) is 21.7. The maximum absolute atomic E-state index is 14.0. The molecule has 3 N–H and O–H groups in total. The first-order valence-electron chi connectivity index (χ1n) is 16.4. The van der Waals surface area contributed by atoms with Crippen molar-refractivity contribution in [1.29, 1.82) is 0 Å². The van der Waals surface area contributed by atoms with Gasteiger partial charge in [0.2, 0.25) is 5.91 Å². The summed E-state index contributed by atoms with van der Waals surface area (Å²) in [6.07, 6.45) is 0.346. The lowest BCUT2D eigenvalue weighted by atomic mass is 10.0. The highest BCUT2D eigenvalue weighted by Crippen LogP contribution is 2.40. The third-order valence-electron chi connectivity index (χ3n) is 9.67. The predicted molar refractivity (Wildman–Crippen MR) is 167 cm³/mol. The number of thioether (sulfide) groups is 1. The lowest BCUT2D eigenvalue weighted by Gasteiger charge is -2.37. The molecule has 3 saturated heterocycles. The number of benzene rings is 1.